The summed E-state index contributed by atoms with van der Waals surface area (Å²) in [6, 6.07) is 2.03. The summed E-state index contributed by atoms with van der Waals surface area (Å²) in [6.07, 6.45) is 4.11. The third-order valence-electron chi connectivity index (χ3n) is 4.39. The molecule has 1 fully saturated rings. The van der Waals surface area contributed by atoms with Gasteiger partial charge in [0.2, 0.25) is 0 Å². The van der Waals surface area contributed by atoms with Crippen LogP contribution in [0.1, 0.15) is 46.1 Å². The first kappa shape index (κ1) is 18.8. The zero-order valence-electron chi connectivity index (χ0n) is 15.8. The molecule has 0 atom stereocenters. The maximum atomic E-state index is 12.2. The van der Waals surface area contributed by atoms with E-state index in [0.29, 0.717) is 18.2 Å². The number of halogens is 1. The van der Waals surface area contributed by atoms with Crippen LogP contribution in [0.25, 0.3) is 5.65 Å². The van der Waals surface area contributed by atoms with E-state index >= 15 is 0 Å². The first-order valence-electron chi connectivity index (χ1n) is 9.04. The second-order valence-electron chi connectivity index (χ2n) is 7.61. The number of nitrogens with one attached hydrogen (secondary N) is 1. The van der Waals surface area contributed by atoms with Crippen LogP contribution in [-0.2, 0) is 11.2 Å². The zero-order valence-corrected chi connectivity index (χ0v) is 16.5. The second kappa shape index (κ2) is 7.31. The Balaban J connectivity index is 1.66. The second-order valence-corrected chi connectivity index (χ2v) is 8.00. The van der Waals surface area contributed by atoms with Crippen LogP contribution in [0.4, 0.5) is 10.6 Å². The SMILES string of the molecule is CCc1cnn2c(NC3CCN(C(=O)OC(C)(C)C)CC3)cc(Cl)nc12. The van der Waals surface area contributed by atoms with Crippen molar-refractivity contribution in [2.75, 3.05) is 18.4 Å². The van der Waals surface area contributed by atoms with Crippen LogP contribution in [-0.4, -0.2) is 50.3 Å². The summed E-state index contributed by atoms with van der Waals surface area (Å²) in [5.74, 6) is 0.829. The monoisotopic (exact) mass is 379 g/mol. The number of piperidine rings is 1. The molecule has 0 saturated carbocycles. The van der Waals surface area contributed by atoms with Gasteiger partial charge in [0.1, 0.15) is 16.6 Å². The molecule has 8 heteroatoms. The van der Waals surface area contributed by atoms with Gasteiger partial charge < -0.3 is 15.0 Å². The summed E-state index contributed by atoms with van der Waals surface area (Å²) in [6.45, 7) is 9.03. The first-order chi connectivity index (χ1) is 12.3. The molecule has 3 heterocycles. The molecule has 1 saturated heterocycles. The number of fused-ring (bicyclic) bond motifs is 1. The molecule has 26 heavy (non-hydrogen) atoms. The number of likely N-dealkylation sites (tertiary alicyclic amines) is 1. The lowest BCUT2D eigenvalue weighted by molar-refractivity contribution is 0.0210. The molecule has 1 aliphatic heterocycles. The molecular formula is C18H26ClN5O2. The van der Waals surface area contributed by atoms with Crippen LogP contribution in [0, 0.1) is 0 Å². The molecule has 0 aromatic carbocycles. The number of hydrogen-bond donors (Lipinski definition) is 1. The van der Waals surface area contributed by atoms with Crippen molar-refractivity contribution in [3.8, 4) is 0 Å². The van der Waals surface area contributed by atoms with Gasteiger partial charge in [0.25, 0.3) is 0 Å². The third-order valence-corrected chi connectivity index (χ3v) is 4.59. The lowest BCUT2D eigenvalue weighted by Crippen LogP contribution is -2.44. The maximum Gasteiger partial charge on any atom is 0.410 e. The van der Waals surface area contributed by atoms with Gasteiger partial charge in [-0.2, -0.15) is 9.61 Å². The van der Waals surface area contributed by atoms with Gasteiger partial charge in [-0.25, -0.2) is 9.78 Å². The average molecular weight is 380 g/mol. The minimum absolute atomic E-state index is 0.240. The molecule has 1 N–H and O–H groups in total. The van der Waals surface area contributed by atoms with E-state index in [9.17, 15) is 4.79 Å². The van der Waals surface area contributed by atoms with E-state index in [0.717, 1.165) is 36.3 Å². The minimum atomic E-state index is -0.470. The molecule has 1 amide bonds. The standard InChI is InChI=1S/C18H26ClN5O2/c1-5-12-11-20-24-15(10-14(19)22-16(12)24)21-13-6-8-23(9-7-13)17(25)26-18(2,3)4/h10-11,13,21H,5-9H2,1-4H3. The molecular weight excluding hydrogens is 354 g/mol. The highest BCUT2D eigenvalue weighted by Gasteiger charge is 2.27. The van der Waals surface area contributed by atoms with Crippen molar-refractivity contribution in [1.82, 2.24) is 19.5 Å². The molecule has 0 radical (unpaired) electrons. The van der Waals surface area contributed by atoms with Crippen molar-refractivity contribution in [1.29, 1.82) is 0 Å². The molecule has 142 valence electrons. The topological polar surface area (TPSA) is 71.8 Å². The van der Waals surface area contributed by atoms with Gasteiger partial charge in [-0.15, -0.1) is 0 Å². The molecule has 1 aliphatic rings. The first-order valence-corrected chi connectivity index (χ1v) is 9.42. The van der Waals surface area contributed by atoms with Gasteiger partial charge in [0, 0.05) is 30.8 Å². The predicted octanol–water partition coefficient (Wildman–Crippen LogP) is 3.76. The normalized spacial score (nSPS) is 16.1. The Kier molecular flexibility index (Phi) is 5.27. The highest BCUT2D eigenvalue weighted by atomic mass is 35.5. The number of amides is 1. The van der Waals surface area contributed by atoms with Gasteiger partial charge in [-0.3, -0.25) is 0 Å². The van der Waals surface area contributed by atoms with Crippen molar-refractivity contribution < 1.29 is 9.53 Å². The number of aromatic nitrogens is 3. The smallest absolute Gasteiger partial charge is 0.410 e. The molecule has 0 unspecified atom stereocenters. The lowest BCUT2D eigenvalue weighted by atomic mass is 10.1. The van der Waals surface area contributed by atoms with Gasteiger partial charge in [-0.05, 0) is 40.0 Å². The molecule has 7 nitrogen and oxygen atoms in total. The van der Waals surface area contributed by atoms with Crippen molar-refractivity contribution in [2.24, 2.45) is 0 Å². The molecule has 0 spiro atoms. The van der Waals surface area contributed by atoms with E-state index < -0.39 is 5.60 Å². The number of carbonyl (C=O) groups excluding carboxylic acids is 1. The number of hydrogen-bond acceptors (Lipinski definition) is 5. The van der Waals surface area contributed by atoms with Gasteiger partial charge >= 0.3 is 6.09 Å². The number of carbonyl (C=O) groups is 1. The van der Waals surface area contributed by atoms with Crippen LogP contribution in [0.2, 0.25) is 5.15 Å². The van der Waals surface area contributed by atoms with Crippen LogP contribution < -0.4 is 5.32 Å². The van der Waals surface area contributed by atoms with Gasteiger partial charge in [0.05, 0.1) is 6.20 Å². The Morgan fingerprint density at radius 3 is 2.69 bits per heavy atom. The number of nitrogens with zero attached hydrogens (tertiary/aromatic N) is 4. The van der Waals surface area contributed by atoms with Crippen LogP contribution >= 0.6 is 11.6 Å². The number of rotatable bonds is 3. The lowest BCUT2D eigenvalue weighted by Gasteiger charge is -2.34. The molecule has 0 aliphatic carbocycles. The van der Waals surface area contributed by atoms with E-state index in [1.165, 1.54) is 0 Å². The van der Waals surface area contributed by atoms with Crippen LogP contribution in [0.15, 0.2) is 12.3 Å². The summed E-state index contributed by atoms with van der Waals surface area (Å²) < 4.78 is 7.24. The van der Waals surface area contributed by atoms with Crippen LogP contribution in [0.5, 0.6) is 0 Å². The van der Waals surface area contributed by atoms with Gasteiger partial charge in [0.15, 0.2) is 5.65 Å². The number of aryl methyl sites for hydroxylation is 1. The largest absolute Gasteiger partial charge is 0.444 e. The molecule has 2 aromatic heterocycles. The van der Waals surface area contributed by atoms with Crippen molar-refractivity contribution in [2.45, 2.75) is 58.6 Å². The predicted molar refractivity (Wildman–Crippen MR) is 102 cm³/mol. The minimum Gasteiger partial charge on any atom is -0.444 e. The molecule has 2 aromatic rings. The maximum absolute atomic E-state index is 12.2. The van der Waals surface area contributed by atoms with Crippen molar-refractivity contribution >= 4 is 29.2 Å². The fourth-order valence-electron chi connectivity index (χ4n) is 3.07. The summed E-state index contributed by atoms with van der Waals surface area (Å²) in [4.78, 5) is 18.3. The third kappa shape index (κ3) is 4.20. The highest BCUT2D eigenvalue weighted by molar-refractivity contribution is 6.29. The Labute approximate surface area is 158 Å². The van der Waals surface area contributed by atoms with Crippen molar-refractivity contribution in [3.05, 3.63) is 23.0 Å². The van der Waals surface area contributed by atoms with E-state index in [1.54, 1.807) is 15.5 Å². The fourth-order valence-corrected chi connectivity index (χ4v) is 3.26. The Morgan fingerprint density at radius 1 is 1.38 bits per heavy atom. The Morgan fingerprint density at radius 2 is 2.08 bits per heavy atom. The average Bonchev–Trinajstić information content (AvgIpc) is 2.97. The summed E-state index contributed by atoms with van der Waals surface area (Å²) in [7, 11) is 0. The highest BCUT2D eigenvalue weighted by Crippen LogP contribution is 2.23. The summed E-state index contributed by atoms with van der Waals surface area (Å²) in [5.41, 5.74) is 1.38. The summed E-state index contributed by atoms with van der Waals surface area (Å²) in [5, 5.41) is 8.38. The van der Waals surface area contributed by atoms with Crippen LogP contribution in [0.3, 0.4) is 0 Å². The number of ether oxygens (including phenoxy) is 1. The van der Waals surface area contributed by atoms with E-state index in [4.69, 9.17) is 16.3 Å². The number of anilines is 1. The molecule has 3 rings (SSSR count). The van der Waals surface area contributed by atoms with E-state index in [2.05, 4.69) is 22.3 Å². The van der Waals surface area contributed by atoms with Crippen molar-refractivity contribution in [3.63, 3.8) is 0 Å². The zero-order chi connectivity index (χ0) is 18.9. The van der Waals surface area contributed by atoms with Gasteiger partial charge in [-0.1, -0.05) is 18.5 Å². The van der Waals surface area contributed by atoms with E-state index in [1.807, 2.05) is 27.0 Å². The quantitative estimate of drug-likeness (QED) is 0.822. The van der Waals surface area contributed by atoms with E-state index in [-0.39, 0.29) is 12.1 Å². The molecule has 0 bridgehead atoms. The Bertz CT molecular complexity index is 791. The summed E-state index contributed by atoms with van der Waals surface area (Å²) >= 11 is 6.19. The Hall–Kier alpha value is -2.02. The fraction of sp³-hybridized carbons (Fsp3) is 0.611.